The van der Waals surface area contributed by atoms with Gasteiger partial charge in [-0.15, -0.1) is 0 Å². The fourth-order valence-corrected chi connectivity index (χ4v) is 1.95. The molecule has 0 aliphatic rings. The largest absolute Gasteiger partial charge is 0.489 e. The highest BCUT2D eigenvalue weighted by Gasteiger charge is 2.14. The quantitative estimate of drug-likeness (QED) is 0.498. The van der Waals surface area contributed by atoms with Gasteiger partial charge in [0, 0.05) is 0 Å². The number of anilines is 1. The van der Waals surface area contributed by atoms with Gasteiger partial charge in [0.05, 0.1) is 5.69 Å². The van der Waals surface area contributed by atoms with Crippen LogP contribution >= 0.6 is 0 Å². The van der Waals surface area contributed by atoms with Gasteiger partial charge in [0.25, 0.3) is 0 Å². The molecule has 20 heavy (non-hydrogen) atoms. The molecule has 0 atom stereocenters. The van der Waals surface area contributed by atoms with Crippen molar-refractivity contribution in [3.05, 3.63) is 60.2 Å². The average molecular weight is 294 g/mol. The van der Waals surface area contributed by atoms with Crippen LogP contribution in [-0.2, 0) is 16.9 Å². The summed E-state index contributed by atoms with van der Waals surface area (Å²) in [6.45, 7) is 0.408. The standard InChI is InChI=1S/C13H14N2O4S/c14-15(20(16,17)18)12-6-8-13(9-7-12)19-10-11-4-2-1-3-5-11/h1-9H,10,14H2,(H,16,17,18). The van der Waals surface area contributed by atoms with E-state index in [1.54, 1.807) is 12.1 Å². The number of rotatable bonds is 5. The van der Waals surface area contributed by atoms with E-state index in [1.165, 1.54) is 12.1 Å². The minimum Gasteiger partial charge on any atom is -0.489 e. The summed E-state index contributed by atoms with van der Waals surface area (Å²) >= 11 is 0. The van der Waals surface area contributed by atoms with Gasteiger partial charge in [-0.2, -0.15) is 12.8 Å². The molecule has 7 heteroatoms. The van der Waals surface area contributed by atoms with Crippen molar-refractivity contribution in [2.24, 2.45) is 5.84 Å². The molecule has 0 unspecified atom stereocenters. The van der Waals surface area contributed by atoms with Crippen LogP contribution in [0.25, 0.3) is 0 Å². The lowest BCUT2D eigenvalue weighted by atomic mass is 10.2. The van der Waals surface area contributed by atoms with Crippen molar-refractivity contribution in [3.63, 3.8) is 0 Å². The van der Waals surface area contributed by atoms with Gasteiger partial charge in [-0.05, 0) is 29.8 Å². The highest BCUT2D eigenvalue weighted by Crippen LogP contribution is 2.19. The Bertz CT molecular complexity index is 657. The summed E-state index contributed by atoms with van der Waals surface area (Å²) in [4.78, 5) is 0. The maximum atomic E-state index is 10.9. The molecule has 0 aliphatic heterocycles. The molecule has 0 spiro atoms. The second-order valence-corrected chi connectivity index (χ2v) is 5.33. The maximum absolute atomic E-state index is 10.9. The minimum atomic E-state index is -4.45. The number of nitrogens with two attached hydrogens (primary N) is 1. The van der Waals surface area contributed by atoms with Crippen LogP contribution < -0.4 is 15.0 Å². The topological polar surface area (TPSA) is 92.9 Å². The molecule has 0 heterocycles. The fourth-order valence-electron chi connectivity index (χ4n) is 1.56. The molecule has 0 aliphatic carbocycles. The van der Waals surface area contributed by atoms with Gasteiger partial charge in [-0.3, -0.25) is 4.55 Å². The van der Waals surface area contributed by atoms with Crippen molar-refractivity contribution in [1.82, 2.24) is 0 Å². The van der Waals surface area contributed by atoms with Crippen LogP contribution in [0.15, 0.2) is 54.6 Å². The van der Waals surface area contributed by atoms with E-state index in [0.29, 0.717) is 12.4 Å². The smallest absolute Gasteiger partial charge is 0.373 e. The van der Waals surface area contributed by atoms with E-state index in [9.17, 15) is 8.42 Å². The number of nitrogens with zero attached hydrogens (tertiary/aromatic N) is 1. The van der Waals surface area contributed by atoms with Crippen molar-refractivity contribution in [2.45, 2.75) is 6.61 Å². The zero-order valence-corrected chi connectivity index (χ0v) is 11.3. The molecular weight excluding hydrogens is 280 g/mol. The predicted octanol–water partition coefficient (Wildman–Crippen LogP) is 1.75. The molecule has 2 aromatic rings. The molecule has 2 aromatic carbocycles. The highest BCUT2D eigenvalue weighted by molar-refractivity contribution is 7.87. The number of hydrogen-bond donors (Lipinski definition) is 2. The molecule has 106 valence electrons. The van der Waals surface area contributed by atoms with Gasteiger partial charge in [0.15, 0.2) is 0 Å². The summed E-state index contributed by atoms with van der Waals surface area (Å²) < 4.78 is 36.3. The molecule has 0 saturated heterocycles. The first kappa shape index (κ1) is 14.3. The number of ether oxygens (including phenoxy) is 1. The Morgan fingerprint density at radius 1 is 1.05 bits per heavy atom. The van der Waals surface area contributed by atoms with Crippen molar-refractivity contribution in [1.29, 1.82) is 0 Å². The number of hydrazine groups is 1. The first-order valence-electron chi connectivity index (χ1n) is 5.76. The van der Waals surface area contributed by atoms with E-state index in [0.717, 1.165) is 5.56 Å². The number of hydrogen-bond acceptors (Lipinski definition) is 4. The predicted molar refractivity (Wildman–Crippen MR) is 75.4 cm³/mol. The Balaban J connectivity index is 2.02. The third kappa shape index (κ3) is 3.70. The fraction of sp³-hybridized carbons (Fsp3) is 0.0769. The van der Waals surface area contributed by atoms with Crippen molar-refractivity contribution >= 4 is 16.0 Å². The van der Waals surface area contributed by atoms with Gasteiger partial charge in [0.1, 0.15) is 12.4 Å². The zero-order chi connectivity index (χ0) is 14.6. The Morgan fingerprint density at radius 2 is 1.65 bits per heavy atom. The van der Waals surface area contributed by atoms with Gasteiger partial charge in [-0.25, -0.2) is 5.84 Å². The van der Waals surface area contributed by atoms with Crippen LogP contribution in [-0.4, -0.2) is 13.0 Å². The molecule has 0 radical (unpaired) electrons. The molecule has 0 bridgehead atoms. The summed E-state index contributed by atoms with van der Waals surface area (Å²) in [5, 5.41) is 0. The number of benzene rings is 2. The van der Waals surface area contributed by atoms with Gasteiger partial charge >= 0.3 is 10.3 Å². The van der Waals surface area contributed by atoms with Gasteiger partial charge in [0.2, 0.25) is 0 Å². The first-order chi connectivity index (χ1) is 9.47. The Kier molecular flexibility index (Phi) is 4.23. The summed E-state index contributed by atoms with van der Waals surface area (Å²) in [6, 6.07) is 15.7. The molecule has 0 saturated carbocycles. The minimum absolute atomic E-state index is 0.138. The van der Waals surface area contributed by atoms with Crippen molar-refractivity contribution in [3.8, 4) is 5.75 Å². The van der Waals surface area contributed by atoms with E-state index in [2.05, 4.69) is 0 Å². The van der Waals surface area contributed by atoms with E-state index < -0.39 is 10.3 Å². The maximum Gasteiger partial charge on any atom is 0.373 e. The van der Waals surface area contributed by atoms with Crippen LogP contribution in [0.2, 0.25) is 0 Å². The molecule has 2 rings (SSSR count). The van der Waals surface area contributed by atoms with E-state index >= 15 is 0 Å². The van der Waals surface area contributed by atoms with Gasteiger partial charge in [-0.1, -0.05) is 30.3 Å². The van der Waals surface area contributed by atoms with Crippen LogP contribution in [0.4, 0.5) is 5.69 Å². The third-order valence-electron chi connectivity index (χ3n) is 2.59. The molecule has 0 amide bonds. The molecule has 0 fully saturated rings. The van der Waals surface area contributed by atoms with E-state index in [-0.39, 0.29) is 10.1 Å². The first-order valence-corrected chi connectivity index (χ1v) is 7.16. The third-order valence-corrected chi connectivity index (χ3v) is 3.30. The van der Waals surface area contributed by atoms with Crippen LogP contribution in [0.3, 0.4) is 0 Å². The zero-order valence-electron chi connectivity index (χ0n) is 10.5. The second kappa shape index (κ2) is 5.91. The monoisotopic (exact) mass is 294 g/mol. The second-order valence-electron chi connectivity index (χ2n) is 4.04. The van der Waals surface area contributed by atoms with Crippen LogP contribution in [0.5, 0.6) is 5.75 Å². The van der Waals surface area contributed by atoms with Crippen molar-refractivity contribution in [2.75, 3.05) is 4.41 Å². The SMILES string of the molecule is NN(c1ccc(OCc2ccccc2)cc1)S(=O)(=O)O. The summed E-state index contributed by atoms with van der Waals surface area (Å²) in [7, 11) is -4.45. The van der Waals surface area contributed by atoms with Gasteiger partial charge < -0.3 is 4.74 Å². The lowest BCUT2D eigenvalue weighted by Gasteiger charge is -2.14. The lowest BCUT2D eigenvalue weighted by Crippen LogP contribution is -2.36. The molecule has 6 nitrogen and oxygen atoms in total. The van der Waals surface area contributed by atoms with E-state index in [4.69, 9.17) is 15.1 Å². The van der Waals surface area contributed by atoms with E-state index in [1.807, 2.05) is 30.3 Å². The Hall–Kier alpha value is -2.09. The Labute approximate surface area is 117 Å². The lowest BCUT2D eigenvalue weighted by molar-refractivity contribution is 0.306. The average Bonchev–Trinajstić information content (AvgIpc) is 2.45. The normalized spacial score (nSPS) is 11.1. The van der Waals surface area contributed by atoms with Crippen molar-refractivity contribution < 1.29 is 17.7 Å². The summed E-state index contributed by atoms with van der Waals surface area (Å²) in [6.07, 6.45) is 0. The highest BCUT2D eigenvalue weighted by atomic mass is 32.2. The Morgan fingerprint density at radius 3 is 2.20 bits per heavy atom. The molecule has 3 N–H and O–H groups in total. The van der Waals surface area contributed by atoms with Crippen LogP contribution in [0.1, 0.15) is 5.56 Å². The summed E-state index contributed by atoms with van der Waals surface area (Å²) in [5.41, 5.74) is 1.16. The summed E-state index contributed by atoms with van der Waals surface area (Å²) in [5.74, 6) is 5.81. The van der Waals surface area contributed by atoms with Crippen LogP contribution in [0, 0.1) is 0 Å². The molecule has 0 aromatic heterocycles. The molecular formula is C13H14N2O4S.